The zero-order valence-electron chi connectivity index (χ0n) is 18.1. The first-order valence-corrected chi connectivity index (χ1v) is 10.6. The van der Waals surface area contributed by atoms with E-state index in [0.29, 0.717) is 36.4 Å². The maximum atomic E-state index is 13.6. The van der Waals surface area contributed by atoms with Crippen LogP contribution in [-0.4, -0.2) is 40.3 Å². The van der Waals surface area contributed by atoms with Gasteiger partial charge in [0, 0.05) is 11.6 Å². The van der Waals surface area contributed by atoms with Crippen molar-refractivity contribution < 1.29 is 19.4 Å². The van der Waals surface area contributed by atoms with Crippen molar-refractivity contribution in [1.29, 1.82) is 0 Å². The SMILES string of the molecule is COc1ccc(Cn2c(=O)n([C@H]3CC[C@H](O)CC3)c3ccc(C(C)=O)cc32)cc1OC. The summed E-state index contributed by atoms with van der Waals surface area (Å²) in [7, 11) is 3.16. The molecular formula is C24H28N2O5. The number of hydrogen-bond donors (Lipinski definition) is 1. The number of Topliss-reactive ketones (excluding diaryl/α,β-unsaturated/α-hetero) is 1. The molecule has 1 aliphatic rings. The fourth-order valence-corrected chi connectivity index (χ4v) is 4.48. The number of carbonyl (C=O) groups excluding carboxylic acids is 1. The number of aliphatic hydroxyl groups is 1. The minimum atomic E-state index is -0.295. The number of hydrogen-bond acceptors (Lipinski definition) is 5. The molecule has 7 nitrogen and oxygen atoms in total. The number of methoxy groups -OCH3 is 2. The van der Waals surface area contributed by atoms with Crippen molar-refractivity contribution in [2.75, 3.05) is 14.2 Å². The molecule has 31 heavy (non-hydrogen) atoms. The summed E-state index contributed by atoms with van der Waals surface area (Å²) in [6, 6.07) is 11.1. The zero-order valence-corrected chi connectivity index (χ0v) is 18.1. The standard InChI is InChI=1S/C24H28N2O5/c1-15(27)17-5-10-20-21(13-17)25(14-16-4-11-22(30-2)23(12-16)31-3)24(29)26(20)18-6-8-19(28)9-7-18/h4-5,10-13,18-19,28H,6-9,14H2,1-3H3/t18-,19-. The number of carbonyl (C=O) groups is 1. The first-order chi connectivity index (χ1) is 14.9. The average Bonchev–Trinajstić information content (AvgIpc) is 3.05. The van der Waals surface area contributed by atoms with Crippen LogP contribution in [0.1, 0.15) is 54.6 Å². The van der Waals surface area contributed by atoms with Crippen LogP contribution in [0.5, 0.6) is 11.5 Å². The van der Waals surface area contributed by atoms with Crippen molar-refractivity contribution in [3.8, 4) is 11.5 Å². The third kappa shape index (κ3) is 3.97. The van der Waals surface area contributed by atoms with E-state index >= 15 is 0 Å². The molecule has 164 valence electrons. The predicted molar refractivity (Wildman–Crippen MR) is 118 cm³/mol. The van der Waals surface area contributed by atoms with Gasteiger partial charge in [0.15, 0.2) is 17.3 Å². The highest BCUT2D eigenvalue weighted by Crippen LogP contribution is 2.32. The number of rotatable bonds is 6. The molecule has 1 aliphatic carbocycles. The van der Waals surface area contributed by atoms with Gasteiger partial charge in [0.1, 0.15) is 0 Å². The molecular weight excluding hydrogens is 396 g/mol. The predicted octanol–water partition coefficient (Wildman–Crippen LogP) is 3.55. The second-order valence-corrected chi connectivity index (χ2v) is 8.15. The van der Waals surface area contributed by atoms with Crippen molar-refractivity contribution in [2.45, 2.75) is 51.3 Å². The fraction of sp³-hybridized carbons (Fsp3) is 0.417. The average molecular weight is 424 g/mol. The highest BCUT2D eigenvalue weighted by Gasteiger charge is 2.26. The molecule has 0 saturated heterocycles. The van der Waals surface area contributed by atoms with E-state index in [9.17, 15) is 14.7 Å². The highest BCUT2D eigenvalue weighted by atomic mass is 16.5. The van der Waals surface area contributed by atoms with Gasteiger partial charge in [-0.15, -0.1) is 0 Å². The van der Waals surface area contributed by atoms with Gasteiger partial charge in [0.2, 0.25) is 0 Å². The summed E-state index contributed by atoms with van der Waals surface area (Å²) in [5.74, 6) is 1.18. The third-order valence-corrected chi connectivity index (χ3v) is 6.19. The van der Waals surface area contributed by atoms with Crippen LogP contribution in [0.15, 0.2) is 41.2 Å². The van der Waals surface area contributed by atoms with Crippen molar-refractivity contribution in [2.24, 2.45) is 0 Å². The lowest BCUT2D eigenvalue weighted by Gasteiger charge is -2.26. The van der Waals surface area contributed by atoms with E-state index in [2.05, 4.69) is 0 Å². The molecule has 1 N–H and O–H groups in total. The minimum absolute atomic E-state index is 0.0354. The molecule has 7 heteroatoms. The first kappa shape index (κ1) is 21.2. The Morgan fingerprint density at radius 3 is 2.35 bits per heavy atom. The van der Waals surface area contributed by atoms with Gasteiger partial charge < -0.3 is 14.6 Å². The van der Waals surface area contributed by atoms with Crippen molar-refractivity contribution in [1.82, 2.24) is 9.13 Å². The van der Waals surface area contributed by atoms with Gasteiger partial charge in [0.05, 0.1) is 37.9 Å². The zero-order chi connectivity index (χ0) is 22.1. The molecule has 3 aromatic rings. The molecule has 0 unspecified atom stereocenters. The quantitative estimate of drug-likeness (QED) is 0.612. The van der Waals surface area contributed by atoms with Gasteiger partial charge in [-0.2, -0.15) is 0 Å². The van der Waals surface area contributed by atoms with Crippen LogP contribution in [0.2, 0.25) is 0 Å². The normalized spacial score (nSPS) is 18.8. The number of imidazole rings is 1. The minimum Gasteiger partial charge on any atom is -0.493 e. The third-order valence-electron chi connectivity index (χ3n) is 6.19. The summed E-state index contributed by atoms with van der Waals surface area (Å²) in [6.45, 7) is 1.87. The van der Waals surface area contributed by atoms with E-state index < -0.39 is 0 Å². The smallest absolute Gasteiger partial charge is 0.329 e. The number of ether oxygens (including phenoxy) is 2. The Morgan fingerprint density at radius 2 is 1.71 bits per heavy atom. The van der Waals surface area contributed by atoms with Crippen LogP contribution in [0.4, 0.5) is 0 Å². The molecule has 1 heterocycles. The number of ketones is 1. The van der Waals surface area contributed by atoms with E-state index in [4.69, 9.17) is 9.47 Å². The Kier molecular flexibility index (Phi) is 5.87. The summed E-state index contributed by atoms with van der Waals surface area (Å²) in [4.78, 5) is 25.5. The molecule has 0 bridgehead atoms. The largest absolute Gasteiger partial charge is 0.493 e. The molecule has 0 amide bonds. The van der Waals surface area contributed by atoms with Gasteiger partial charge >= 0.3 is 5.69 Å². The van der Waals surface area contributed by atoms with Crippen LogP contribution < -0.4 is 15.2 Å². The molecule has 0 aliphatic heterocycles. The summed E-state index contributed by atoms with van der Waals surface area (Å²) < 4.78 is 14.3. The molecule has 1 saturated carbocycles. The Labute approximate surface area is 180 Å². The number of nitrogens with zero attached hydrogens (tertiary/aromatic N) is 2. The lowest BCUT2D eigenvalue weighted by molar-refractivity contribution is 0.101. The Morgan fingerprint density at radius 1 is 1.00 bits per heavy atom. The van der Waals surface area contributed by atoms with Crippen LogP contribution in [-0.2, 0) is 6.54 Å². The molecule has 1 aromatic heterocycles. The summed E-state index contributed by atoms with van der Waals surface area (Å²) >= 11 is 0. The van der Waals surface area contributed by atoms with Crippen molar-refractivity contribution >= 4 is 16.8 Å². The maximum Gasteiger partial charge on any atom is 0.329 e. The molecule has 4 rings (SSSR count). The molecule has 2 aromatic carbocycles. The molecule has 1 fully saturated rings. The number of aliphatic hydroxyl groups excluding tert-OH is 1. The van der Waals surface area contributed by atoms with Gasteiger partial charge in [0.25, 0.3) is 0 Å². The maximum absolute atomic E-state index is 13.6. The fourth-order valence-electron chi connectivity index (χ4n) is 4.48. The molecule has 0 radical (unpaired) electrons. The number of fused-ring (bicyclic) bond motifs is 1. The summed E-state index contributed by atoms with van der Waals surface area (Å²) in [5, 5.41) is 9.89. The Balaban J connectivity index is 1.83. The summed E-state index contributed by atoms with van der Waals surface area (Å²) in [6.07, 6.45) is 2.59. The van der Waals surface area contributed by atoms with Crippen LogP contribution in [0.3, 0.4) is 0 Å². The van der Waals surface area contributed by atoms with Crippen LogP contribution >= 0.6 is 0 Å². The van der Waals surface area contributed by atoms with E-state index in [0.717, 1.165) is 29.4 Å². The van der Waals surface area contributed by atoms with Gasteiger partial charge in [-0.1, -0.05) is 6.07 Å². The second kappa shape index (κ2) is 8.59. The van der Waals surface area contributed by atoms with Crippen molar-refractivity contribution in [3.63, 3.8) is 0 Å². The van der Waals surface area contributed by atoms with Crippen LogP contribution in [0.25, 0.3) is 11.0 Å². The topological polar surface area (TPSA) is 82.7 Å². The van der Waals surface area contributed by atoms with Crippen LogP contribution in [0, 0.1) is 0 Å². The van der Waals surface area contributed by atoms with Gasteiger partial charge in [-0.3, -0.25) is 13.9 Å². The first-order valence-electron chi connectivity index (χ1n) is 10.6. The highest BCUT2D eigenvalue weighted by molar-refractivity contribution is 5.97. The van der Waals surface area contributed by atoms with E-state index in [1.54, 1.807) is 30.9 Å². The summed E-state index contributed by atoms with van der Waals surface area (Å²) in [5.41, 5.74) is 2.92. The lowest BCUT2D eigenvalue weighted by atomic mass is 9.93. The van der Waals surface area contributed by atoms with E-state index in [1.807, 2.05) is 28.8 Å². The lowest BCUT2D eigenvalue weighted by Crippen LogP contribution is -2.31. The monoisotopic (exact) mass is 424 g/mol. The van der Waals surface area contributed by atoms with E-state index in [-0.39, 0.29) is 23.6 Å². The Bertz CT molecular complexity index is 1170. The Hall–Kier alpha value is -3.06. The molecule has 0 atom stereocenters. The van der Waals surface area contributed by atoms with Crippen molar-refractivity contribution in [3.05, 3.63) is 58.0 Å². The van der Waals surface area contributed by atoms with Gasteiger partial charge in [-0.25, -0.2) is 4.79 Å². The number of benzene rings is 2. The molecule has 0 spiro atoms. The second-order valence-electron chi connectivity index (χ2n) is 8.15. The number of aromatic nitrogens is 2. The van der Waals surface area contributed by atoms with E-state index in [1.165, 1.54) is 6.92 Å². The van der Waals surface area contributed by atoms with Gasteiger partial charge in [-0.05, 0) is 68.5 Å².